The molecule has 1 heterocycles. The second kappa shape index (κ2) is 4.49. The third-order valence-corrected chi connectivity index (χ3v) is 3.35. The summed E-state index contributed by atoms with van der Waals surface area (Å²) in [5.41, 5.74) is -0.658. The molecule has 1 saturated carbocycles. The van der Waals surface area contributed by atoms with Gasteiger partial charge in [-0.1, -0.05) is 12.8 Å². The van der Waals surface area contributed by atoms with E-state index in [-0.39, 0.29) is 12.0 Å². The van der Waals surface area contributed by atoms with Crippen molar-refractivity contribution in [2.75, 3.05) is 13.2 Å². The molecule has 4 nitrogen and oxygen atoms in total. The monoisotopic (exact) mass is 213 g/mol. The summed E-state index contributed by atoms with van der Waals surface area (Å²) in [5.74, 6) is -0.0622. The molecule has 4 heteroatoms. The zero-order valence-corrected chi connectivity index (χ0v) is 9.00. The van der Waals surface area contributed by atoms with Gasteiger partial charge in [0.15, 0.2) is 0 Å². The first-order valence-electron chi connectivity index (χ1n) is 5.81. The topological polar surface area (TPSA) is 58.6 Å². The molecule has 0 aromatic heterocycles. The van der Waals surface area contributed by atoms with Gasteiger partial charge >= 0.3 is 0 Å². The van der Waals surface area contributed by atoms with Crippen molar-refractivity contribution < 1.29 is 14.6 Å². The van der Waals surface area contributed by atoms with Crippen molar-refractivity contribution in [2.24, 2.45) is 0 Å². The van der Waals surface area contributed by atoms with Crippen LogP contribution < -0.4 is 5.32 Å². The lowest BCUT2D eigenvalue weighted by Crippen LogP contribution is -2.44. The maximum atomic E-state index is 11.6. The fourth-order valence-electron chi connectivity index (χ4n) is 2.36. The number of carbonyl (C=O) groups is 1. The molecule has 15 heavy (non-hydrogen) atoms. The molecule has 1 aliphatic carbocycles. The third-order valence-electron chi connectivity index (χ3n) is 3.35. The number of hydrogen-bond acceptors (Lipinski definition) is 3. The molecule has 1 saturated heterocycles. The highest BCUT2D eigenvalue weighted by molar-refractivity contribution is 5.81. The average molecular weight is 213 g/mol. The minimum atomic E-state index is -0.658. The van der Waals surface area contributed by atoms with Crippen molar-refractivity contribution in [3.63, 3.8) is 0 Å². The molecule has 2 N–H and O–H groups in total. The lowest BCUT2D eigenvalue weighted by atomic mass is 10.0. The molecular weight excluding hydrogens is 194 g/mol. The van der Waals surface area contributed by atoms with Crippen LogP contribution in [0.3, 0.4) is 0 Å². The van der Waals surface area contributed by atoms with Gasteiger partial charge in [-0.3, -0.25) is 4.79 Å². The molecule has 0 unspecified atom stereocenters. The first-order chi connectivity index (χ1) is 7.20. The van der Waals surface area contributed by atoms with Gasteiger partial charge < -0.3 is 15.2 Å². The summed E-state index contributed by atoms with van der Waals surface area (Å²) in [7, 11) is 0. The maximum absolute atomic E-state index is 11.6. The fourth-order valence-corrected chi connectivity index (χ4v) is 2.36. The second-order valence-electron chi connectivity index (χ2n) is 4.65. The summed E-state index contributed by atoms with van der Waals surface area (Å²) in [6.07, 6.45) is 5.22. The molecule has 0 radical (unpaired) electrons. The van der Waals surface area contributed by atoms with Gasteiger partial charge in [-0.2, -0.15) is 0 Å². The fraction of sp³-hybridized carbons (Fsp3) is 0.909. The Morgan fingerprint density at radius 1 is 1.40 bits per heavy atom. The largest absolute Gasteiger partial charge is 0.388 e. The van der Waals surface area contributed by atoms with Gasteiger partial charge in [0.1, 0.15) is 6.10 Å². The van der Waals surface area contributed by atoms with Gasteiger partial charge in [0.05, 0.1) is 5.60 Å². The molecule has 0 aromatic carbocycles. The number of ether oxygens (including phenoxy) is 1. The Labute approximate surface area is 90.0 Å². The van der Waals surface area contributed by atoms with Crippen molar-refractivity contribution in [1.82, 2.24) is 5.32 Å². The van der Waals surface area contributed by atoms with Crippen LogP contribution in [0.2, 0.25) is 0 Å². The van der Waals surface area contributed by atoms with E-state index < -0.39 is 5.60 Å². The molecular formula is C11H19NO3. The van der Waals surface area contributed by atoms with Crippen LogP contribution in [0.4, 0.5) is 0 Å². The lowest BCUT2D eigenvalue weighted by Gasteiger charge is -2.23. The number of hydrogen-bond donors (Lipinski definition) is 2. The van der Waals surface area contributed by atoms with Gasteiger partial charge in [-0.15, -0.1) is 0 Å². The molecule has 0 aromatic rings. The summed E-state index contributed by atoms with van der Waals surface area (Å²) in [5, 5.41) is 12.8. The van der Waals surface area contributed by atoms with Crippen LogP contribution in [0.25, 0.3) is 0 Å². The van der Waals surface area contributed by atoms with Crippen molar-refractivity contribution in [2.45, 2.75) is 50.2 Å². The standard InChI is InChI=1S/C11H19NO3/c13-10(9-4-3-7-15-9)12-8-11(14)5-1-2-6-11/h9,14H,1-8H2,(H,12,13)/t9-/m0/s1. The van der Waals surface area contributed by atoms with Crippen molar-refractivity contribution in [3.8, 4) is 0 Å². The van der Waals surface area contributed by atoms with E-state index in [1.165, 1.54) is 0 Å². The predicted molar refractivity (Wildman–Crippen MR) is 55.4 cm³/mol. The quantitative estimate of drug-likeness (QED) is 0.721. The first-order valence-corrected chi connectivity index (χ1v) is 5.81. The van der Waals surface area contributed by atoms with Gasteiger partial charge in [0.2, 0.25) is 5.91 Å². The SMILES string of the molecule is O=C(NCC1(O)CCCC1)[C@@H]1CCCO1. The van der Waals surface area contributed by atoms with E-state index in [0.717, 1.165) is 38.5 Å². The Hall–Kier alpha value is -0.610. The van der Waals surface area contributed by atoms with Crippen molar-refractivity contribution in [3.05, 3.63) is 0 Å². The third kappa shape index (κ3) is 2.69. The van der Waals surface area contributed by atoms with Gasteiger partial charge in [0, 0.05) is 13.2 Å². The molecule has 2 aliphatic rings. The highest BCUT2D eigenvalue weighted by atomic mass is 16.5. The average Bonchev–Trinajstić information content (AvgIpc) is 2.85. The van der Waals surface area contributed by atoms with Crippen LogP contribution >= 0.6 is 0 Å². The zero-order chi connectivity index (χ0) is 10.7. The van der Waals surface area contributed by atoms with E-state index in [0.29, 0.717) is 13.2 Å². The Morgan fingerprint density at radius 2 is 2.13 bits per heavy atom. The summed E-state index contributed by atoms with van der Waals surface area (Å²) in [4.78, 5) is 11.6. The Bertz CT molecular complexity index is 230. The normalized spacial score (nSPS) is 29.3. The lowest BCUT2D eigenvalue weighted by molar-refractivity contribution is -0.131. The number of amides is 1. The van der Waals surface area contributed by atoms with Crippen LogP contribution in [0, 0.1) is 0 Å². The number of rotatable bonds is 3. The highest BCUT2D eigenvalue weighted by Crippen LogP contribution is 2.28. The molecule has 1 aliphatic heterocycles. The Morgan fingerprint density at radius 3 is 2.73 bits per heavy atom. The van der Waals surface area contributed by atoms with E-state index in [9.17, 15) is 9.90 Å². The first kappa shape index (κ1) is 10.9. The molecule has 2 rings (SSSR count). The van der Waals surface area contributed by atoms with E-state index in [2.05, 4.69) is 5.32 Å². The molecule has 0 spiro atoms. The van der Waals surface area contributed by atoms with Crippen LogP contribution in [0.15, 0.2) is 0 Å². The smallest absolute Gasteiger partial charge is 0.249 e. The Kier molecular flexibility index (Phi) is 3.26. The van der Waals surface area contributed by atoms with Gasteiger partial charge in [-0.25, -0.2) is 0 Å². The molecule has 1 atom stereocenters. The van der Waals surface area contributed by atoms with E-state index in [4.69, 9.17) is 4.74 Å². The van der Waals surface area contributed by atoms with E-state index >= 15 is 0 Å². The Balaban J connectivity index is 1.74. The molecule has 2 fully saturated rings. The minimum absolute atomic E-state index is 0.0622. The van der Waals surface area contributed by atoms with Crippen molar-refractivity contribution in [1.29, 1.82) is 0 Å². The summed E-state index contributed by atoms with van der Waals surface area (Å²) < 4.78 is 5.27. The van der Waals surface area contributed by atoms with Crippen LogP contribution in [0.5, 0.6) is 0 Å². The number of aliphatic hydroxyl groups is 1. The predicted octanol–water partition coefficient (Wildman–Crippen LogP) is 0.587. The van der Waals surface area contributed by atoms with Crippen molar-refractivity contribution >= 4 is 5.91 Å². The summed E-state index contributed by atoms with van der Waals surface area (Å²) >= 11 is 0. The van der Waals surface area contributed by atoms with Crippen LogP contribution in [-0.4, -0.2) is 35.9 Å². The van der Waals surface area contributed by atoms with E-state index in [1.54, 1.807) is 0 Å². The summed E-state index contributed by atoms with van der Waals surface area (Å²) in [6.45, 7) is 1.06. The second-order valence-corrected chi connectivity index (χ2v) is 4.65. The highest BCUT2D eigenvalue weighted by Gasteiger charge is 2.32. The van der Waals surface area contributed by atoms with Gasteiger partial charge in [0.25, 0.3) is 0 Å². The zero-order valence-electron chi connectivity index (χ0n) is 9.00. The van der Waals surface area contributed by atoms with Crippen LogP contribution in [-0.2, 0) is 9.53 Å². The molecule has 0 bridgehead atoms. The molecule has 86 valence electrons. The number of carbonyl (C=O) groups excluding carboxylic acids is 1. The van der Waals surface area contributed by atoms with E-state index in [1.807, 2.05) is 0 Å². The molecule has 1 amide bonds. The number of nitrogens with one attached hydrogen (secondary N) is 1. The maximum Gasteiger partial charge on any atom is 0.249 e. The minimum Gasteiger partial charge on any atom is -0.388 e. The summed E-state index contributed by atoms with van der Waals surface area (Å²) in [6, 6.07) is 0. The van der Waals surface area contributed by atoms with Gasteiger partial charge in [-0.05, 0) is 25.7 Å². The van der Waals surface area contributed by atoms with Crippen LogP contribution in [0.1, 0.15) is 38.5 Å².